The zero-order valence-electron chi connectivity index (χ0n) is 14.1. The van der Waals surface area contributed by atoms with E-state index in [0.29, 0.717) is 0 Å². The molecule has 0 bridgehead atoms. The highest BCUT2D eigenvalue weighted by Gasteiger charge is 2.30. The molecule has 2 aliphatic heterocycles. The fourth-order valence-electron chi connectivity index (χ4n) is 3.52. The highest BCUT2D eigenvalue weighted by molar-refractivity contribution is 5.80. The van der Waals surface area contributed by atoms with Crippen LogP contribution in [0, 0.1) is 5.92 Å². The minimum atomic E-state index is 0.734. The van der Waals surface area contributed by atoms with Crippen LogP contribution in [0.1, 0.15) is 39.0 Å². The second-order valence-electron chi connectivity index (χ2n) is 6.89. The van der Waals surface area contributed by atoms with E-state index in [1.54, 1.807) is 0 Å². The van der Waals surface area contributed by atoms with Crippen molar-refractivity contribution in [2.24, 2.45) is 10.9 Å². The van der Waals surface area contributed by atoms with Crippen LogP contribution in [0.25, 0.3) is 0 Å². The molecule has 5 nitrogen and oxygen atoms in total. The number of ether oxygens (including phenoxy) is 1. The summed E-state index contributed by atoms with van der Waals surface area (Å²) in [6.07, 6.45) is 6.75. The van der Waals surface area contributed by atoms with E-state index in [4.69, 9.17) is 9.73 Å². The van der Waals surface area contributed by atoms with Gasteiger partial charge in [0.05, 0.1) is 13.2 Å². The van der Waals surface area contributed by atoms with Crippen molar-refractivity contribution in [1.82, 2.24) is 15.1 Å². The monoisotopic (exact) mass is 308 g/mol. The van der Waals surface area contributed by atoms with Crippen LogP contribution in [-0.2, 0) is 4.74 Å². The Morgan fingerprint density at radius 3 is 2.73 bits per heavy atom. The summed E-state index contributed by atoms with van der Waals surface area (Å²) >= 11 is 0. The van der Waals surface area contributed by atoms with E-state index >= 15 is 0 Å². The number of hydrogen-bond acceptors (Lipinski definition) is 3. The Bertz CT molecular complexity index is 364. The van der Waals surface area contributed by atoms with Crippen molar-refractivity contribution >= 4 is 5.96 Å². The molecule has 0 amide bonds. The number of likely N-dealkylation sites (tertiary alicyclic amines) is 2. The number of nitrogens with zero attached hydrogens (tertiary/aromatic N) is 3. The Balaban J connectivity index is 1.42. The minimum Gasteiger partial charge on any atom is -0.379 e. The molecule has 5 heteroatoms. The van der Waals surface area contributed by atoms with Gasteiger partial charge in [-0.25, -0.2) is 0 Å². The number of guanidine groups is 1. The molecule has 3 fully saturated rings. The number of aliphatic imine (C=N–C) groups is 1. The molecular formula is C17H32N4O. The third kappa shape index (κ3) is 4.59. The fraction of sp³-hybridized carbons (Fsp3) is 0.941. The second kappa shape index (κ2) is 8.16. The van der Waals surface area contributed by atoms with E-state index in [0.717, 1.165) is 57.3 Å². The lowest BCUT2D eigenvalue weighted by atomic mass is 10.2. The highest BCUT2D eigenvalue weighted by Crippen LogP contribution is 2.28. The fourth-order valence-corrected chi connectivity index (χ4v) is 3.52. The summed E-state index contributed by atoms with van der Waals surface area (Å²) in [6, 6.07) is 0.734. The normalized spacial score (nSPS) is 26.9. The molecule has 0 aromatic carbocycles. The Kier molecular flexibility index (Phi) is 5.96. The number of hydrogen-bond donors (Lipinski definition) is 1. The molecule has 22 heavy (non-hydrogen) atoms. The van der Waals surface area contributed by atoms with Crippen LogP contribution < -0.4 is 5.32 Å². The van der Waals surface area contributed by atoms with Crippen molar-refractivity contribution in [3.05, 3.63) is 0 Å². The summed E-state index contributed by atoms with van der Waals surface area (Å²) in [7, 11) is 0. The van der Waals surface area contributed by atoms with Gasteiger partial charge in [0.1, 0.15) is 0 Å². The first-order valence-electron chi connectivity index (χ1n) is 9.22. The summed E-state index contributed by atoms with van der Waals surface area (Å²) in [4.78, 5) is 9.87. The molecule has 2 saturated heterocycles. The number of nitrogens with one attached hydrogen (secondary N) is 1. The van der Waals surface area contributed by atoms with Gasteiger partial charge in [-0.2, -0.15) is 0 Å². The van der Waals surface area contributed by atoms with Crippen LogP contribution in [0.15, 0.2) is 4.99 Å². The van der Waals surface area contributed by atoms with Crippen LogP contribution in [0.5, 0.6) is 0 Å². The van der Waals surface area contributed by atoms with E-state index in [9.17, 15) is 0 Å². The van der Waals surface area contributed by atoms with Crippen LogP contribution >= 0.6 is 0 Å². The molecule has 0 radical (unpaired) electrons. The van der Waals surface area contributed by atoms with Crippen LogP contribution in [0.4, 0.5) is 0 Å². The third-order valence-corrected chi connectivity index (χ3v) is 5.00. The minimum absolute atomic E-state index is 0.734. The van der Waals surface area contributed by atoms with Crippen molar-refractivity contribution < 1.29 is 4.74 Å². The predicted molar refractivity (Wildman–Crippen MR) is 90.3 cm³/mol. The zero-order chi connectivity index (χ0) is 15.2. The van der Waals surface area contributed by atoms with E-state index in [1.807, 2.05) is 0 Å². The van der Waals surface area contributed by atoms with E-state index in [2.05, 4.69) is 22.0 Å². The van der Waals surface area contributed by atoms with Gasteiger partial charge in [-0.1, -0.05) is 0 Å². The third-order valence-electron chi connectivity index (χ3n) is 5.00. The van der Waals surface area contributed by atoms with Gasteiger partial charge in [0, 0.05) is 32.3 Å². The average Bonchev–Trinajstić information content (AvgIpc) is 3.02. The summed E-state index contributed by atoms with van der Waals surface area (Å²) < 4.78 is 5.69. The van der Waals surface area contributed by atoms with Crippen molar-refractivity contribution in [1.29, 1.82) is 0 Å². The van der Waals surface area contributed by atoms with E-state index in [-0.39, 0.29) is 0 Å². The topological polar surface area (TPSA) is 40.1 Å². The van der Waals surface area contributed by atoms with Crippen LogP contribution in [0.2, 0.25) is 0 Å². The first-order valence-corrected chi connectivity index (χ1v) is 9.22. The SMILES string of the molecule is CCNC(=NCCOCC1CC1)N1CCC(N2CCCC2)C1. The molecule has 3 aliphatic rings. The zero-order valence-corrected chi connectivity index (χ0v) is 14.1. The first-order chi connectivity index (χ1) is 10.9. The Morgan fingerprint density at radius 1 is 1.18 bits per heavy atom. The van der Waals surface area contributed by atoms with Gasteiger partial charge in [-0.05, 0) is 58.0 Å². The number of rotatable bonds is 7. The van der Waals surface area contributed by atoms with E-state index in [1.165, 1.54) is 45.2 Å². The molecule has 126 valence electrons. The van der Waals surface area contributed by atoms with Crippen molar-refractivity contribution in [2.45, 2.75) is 45.1 Å². The molecule has 3 rings (SSSR count). The van der Waals surface area contributed by atoms with Gasteiger partial charge < -0.3 is 15.0 Å². The Labute approximate surface area is 135 Å². The van der Waals surface area contributed by atoms with Crippen LogP contribution in [-0.4, -0.2) is 74.3 Å². The molecule has 1 atom stereocenters. The molecule has 0 aromatic heterocycles. The Hall–Kier alpha value is -0.810. The standard InChI is InChI=1S/C17H32N4O/c1-2-18-17(19-8-12-22-14-15-5-6-15)21-11-7-16(13-21)20-9-3-4-10-20/h15-16H,2-14H2,1H3,(H,18,19). The average molecular weight is 308 g/mol. The molecule has 1 aliphatic carbocycles. The lowest BCUT2D eigenvalue weighted by Gasteiger charge is -2.25. The predicted octanol–water partition coefficient (Wildman–Crippen LogP) is 1.55. The molecule has 1 saturated carbocycles. The van der Waals surface area contributed by atoms with Gasteiger partial charge in [0.25, 0.3) is 0 Å². The van der Waals surface area contributed by atoms with Crippen molar-refractivity contribution in [2.75, 3.05) is 52.5 Å². The van der Waals surface area contributed by atoms with Crippen molar-refractivity contribution in [3.63, 3.8) is 0 Å². The molecule has 0 spiro atoms. The maximum absolute atomic E-state index is 5.69. The molecule has 2 heterocycles. The highest BCUT2D eigenvalue weighted by atomic mass is 16.5. The largest absolute Gasteiger partial charge is 0.379 e. The van der Waals surface area contributed by atoms with Crippen molar-refractivity contribution in [3.8, 4) is 0 Å². The summed E-state index contributed by atoms with van der Waals surface area (Å²) in [5.41, 5.74) is 0. The maximum Gasteiger partial charge on any atom is 0.194 e. The lowest BCUT2D eigenvalue weighted by molar-refractivity contribution is 0.131. The van der Waals surface area contributed by atoms with Gasteiger partial charge in [0.2, 0.25) is 0 Å². The van der Waals surface area contributed by atoms with E-state index < -0.39 is 0 Å². The maximum atomic E-state index is 5.69. The van der Waals surface area contributed by atoms with Gasteiger partial charge >= 0.3 is 0 Å². The second-order valence-corrected chi connectivity index (χ2v) is 6.89. The first kappa shape index (κ1) is 16.1. The summed E-state index contributed by atoms with van der Waals surface area (Å²) in [5.74, 6) is 1.93. The smallest absolute Gasteiger partial charge is 0.194 e. The molecule has 1 unspecified atom stereocenters. The lowest BCUT2D eigenvalue weighted by Crippen LogP contribution is -2.42. The summed E-state index contributed by atoms with van der Waals surface area (Å²) in [5, 5.41) is 3.45. The molecule has 1 N–H and O–H groups in total. The van der Waals surface area contributed by atoms with Crippen LogP contribution in [0.3, 0.4) is 0 Å². The summed E-state index contributed by atoms with van der Waals surface area (Å²) in [6.45, 7) is 10.4. The molecule has 0 aromatic rings. The van der Waals surface area contributed by atoms with Gasteiger partial charge in [-0.3, -0.25) is 9.89 Å². The van der Waals surface area contributed by atoms with Gasteiger partial charge in [-0.15, -0.1) is 0 Å². The van der Waals surface area contributed by atoms with Gasteiger partial charge in [0.15, 0.2) is 5.96 Å². The Morgan fingerprint density at radius 2 is 2.00 bits per heavy atom. The quantitative estimate of drug-likeness (QED) is 0.440. The molecular weight excluding hydrogens is 276 g/mol.